The third kappa shape index (κ3) is 3.33. The summed E-state index contributed by atoms with van der Waals surface area (Å²) in [6.07, 6.45) is 1.50. The summed E-state index contributed by atoms with van der Waals surface area (Å²) in [4.78, 5) is 16.0. The molecule has 104 valence electrons. The lowest BCUT2D eigenvalue weighted by Crippen LogP contribution is -2.09. The number of hydrogen-bond acceptors (Lipinski definition) is 5. The monoisotopic (exact) mass is 272 g/mol. The summed E-state index contributed by atoms with van der Waals surface area (Å²) in [5.41, 5.74) is 8.66. The van der Waals surface area contributed by atoms with Crippen LogP contribution in [-0.2, 0) is 18.0 Å². The predicted octanol–water partition coefficient (Wildman–Crippen LogP) is 1.82. The number of nitrogen functional groups attached to an aromatic ring is 1. The number of ether oxygens (including phenoxy) is 1. The van der Waals surface area contributed by atoms with Crippen molar-refractivity contribution >= 4 is 11.7 Å². The maximum Gasteiger partial charge on any atom is 0.340 e. The number of nitrogens with zero attached hydrogens (tertiary/aromatic N) is 1. The minimum absolute atomic E-state index is 0.00573. The van der Waals surface area contributed by atoms with Gasteiger partial charge in [-0.2, -0.15) is 0 Å². The summed E-state index contributed by atoms with van der Waals surface area (Å²) in [6, 6.07) is 8.75. The van der Waals surface area contributed by atoms with E-state index in [-0.39, 0.29) is 13.2 Å². The molecule has 0 saturated carbocycles. The first-order valence-corrected chi connectivity index (χ1v) is 6.18. The molecule has 0 atom stereocenters. The highest BCUT2D eigenvalue weighted by Crippen LogP contribution is 2.13. The Morgan fingerprint density at radius 3 is 2.60 bits per heavy atom. The minimum atomic E-state index is -0.450. The van der Waals surface area contributed by atoms with Crippen LogP contribution in [0.1, 0.15) is 27.2 Å². The molecule has 0 aliphatic rings. The average molecular weight is 272 g/mol. The van der Waals surface area contributed by atoms with Gasteiger partial charge in [0.15, 0.2) is 0 Å². The quantitative estimate of drug-likeness (QED) is 0.829. The molecule has 1 heterocycles. The highest BCUT2D eigenvalue weighted by molar-refractivity contribution is 5.91. The molecule has 2 aromatic rings. The third-order valence-corrected chi connectivity index (χ3v) is 2.90. The Hall–Kier alpha value is -2.40. The molecular formula is C15H16N2O3. The predicted molar refractivity (Wildman–Crippen MR) is 74.9 cm³/mol. The number of carbonyl (C=O) groups is 1. The van der Waals surface area contributed by atoms with Crippen LogP contribution in [-0.4, -0.2) is 16.1 Å². The highest BCUT2D eigenvalue weighted by atomic mass is 16.5. The number of aliphatic hydroxyl groups is 1. The Labute approximate surface area is 117 Å². The van der Waals surface area contributed by atoms with Crippen LogP contribution in [0.5, 0.6) is 0 Å². The van der Waals surface area contributed by atoms with E-state index in [0.717, 1.165) is 11.1 Å². The van der Waals surface area contributed by atoms with Crippen LogP contribution in [0.2, 0.25) is 0 Å². The molecule has 0 fully saturated rings. The maximum absolute atomic E-state index is 12.0. The number of anilines is 1. The molecule has 5 nitrogen and oxygen atoms in total. The molecule has 0 aliphatic carbocycles. The van der Waals surface area contributed by atoms with Gasteiger partial charge in [-0.05, 0) is 24.1 Å². The second-order valence-corrected chi connectivity index (χ2v) is 4.45. The topological polar surface area (TPSA) is 85.4 Å². The standard InChI is InChI=1S/C15H16N2O3/c1-10-14(6-13(16)7-17-10)15(19)20-9-12-4-2-11(8-18)3-5-12/h2-7,18H,8-9,16H2,1H3. The average Bonchev–Trinajstić information content (AvgIpc) is 2.47. The lowest BCUT2D eigenvalue weighted by atomic mass is 10.1. The first-order chi connectivity index (χ1) is 9.60. The largest absolute Gasteiger partial charge is 0.457 e. The van der Waals surface area contributed by atoms with Crippen molar-refractivity contribution < 1.29 is 14.6 Å². The first kappa shape index (κ1) is 14.0. The molecule has 0 radical (unpaired) electrons. The van der Waals surface area contributed by atoms with Gasteiger partial charge in [-0.1, -0.05) is 24.3 Å². The maximum atomic E-state index is 12.0. The van der Waals surface area contributed by atoms with Gasteiger partial charge in [0, 0.05) is 0 Å². The molecule has 3 N–H and O–H groups in total. The summed E-state index contributed by atoms with van der Waals surface area (Å²) in [7, 11) is 0. The van der Waals surface area contributed by atoms with Crippen molar-refractivity contribution in [3.8, 4) is 0 Å². The molecule has 0 aliphatic heterocycles. The van der Waals surface area contributed by atoms with Gasteiger partial charge in [0.05, 0.1) is 29.7 Å². The molecule has 0 bridgehead atoms. The number of carbonyl (C=O) groups excluding carboxylic acids is 1. The number of pyridine rings is 1. The fraction of sp³-hybridized carbons (Fsp3) is 0.200. The number of nitrogens with two attached hydrogens (primary N) is 1. The van der Waals surface area contributed by atoms with E-state index in [9.17, 15) is 4.79 Å². The Balaban J connectivity index is 2.02. The van der Waals surface area contributed by atoms with Crippen molar-refractivity contribution in [3.63, 3.8) is 0 Å². The van der Waals surface area contributed by atoms with Crippen molar-refractivity contribution in [2.75, 3.05) is 5.73 Å². The van der Waals surface area contributed by atoms with Gasteiger partial charge in [0.25, 0.3) is 0 Å². The van der Waals surface area contributed by atoms with Gasteiger partial charge in [-0.25, -0.2) is 4.79 Å². The Kier molecular flexibility index (Phi) is 4.32. The molecule has 1 aromatic carbocycles. The van der Waals surface area contributed by atoms with E-state index in [4.69, 9.17) is 15.6 Å². The number of aromatic nitrogens is 1. The van der Waals surface area contributed by atoms with Crippen molar-refractivity contribution in [1.29, 1.82) is 0 Å². The van der Waals surface area contributed by atoms with E-state index >= 15 is 0 Å². The second-order valence-electron chi connectivity index (χ2n) is 4.45. The number of esters is 1. The summed E-state index contributed by atoms with van der Waals surface area (Å²) in [5.74, 6) is -0.450. The van der Waals surface area contributed by atoms with E-state index in [1.807, 2.05) is 12.1 Å². The second kappa shape index (κ2) is 6.16. The molecule has 0 spiro atoms. The SMILES string of the molecule is Cc1ncc(N)cc1C(=O)OCc1ccc(CO)cc1. The molecular weight excluding hydrogens is 256 g/mol. The Bertz CT molecular complexity index is 609. The minimum Gasteiger partial charge on any atom is -0.457 e. The molecule has 0 amide bonds. The summed E-state index contributed by atoms with van der Waals surface area (Å²) >= 11 is 0. The molecule has 2 rings (SSSR count). The Morgan fingerprint density at radius 2 is 1.95 bits per heavy atom. The smallest absolute Gasteiger partial charge is 0.340 e. The number of hydrogen-bond donors (Lipinski definition) is 2. The molecule has 0 saturated heterocycles. The van der Waals surface area contributed by atoms with Gasteiger partial charge in [0.1, 0.15) is 6.61 Å². The lowest BCUT2D eigenvalue weighted by Gasteiger charge is -2.08. The van der Waals surface area contributed by atoms with E-state index in [0.29, 0.717) is 16.9 Å². The van der Waals surface area contributed by atoms with Gasteiger partial charge in [-0.15, -0.1) is 0 Å². The zero-order valence-corrected chi connectivity index (χ0v) is 11.2. The fourth-order valence-electron chi connectivity index (χ4n) is 1.72. The number of aryl methyl sites for hydroxylation is 1. The Morgan fingerprint density at radius 1 is 1.30 bits per heavy atom. The summed E-state index contributed by atoms with van der Waals surface area (Å²) in [6.45, 7) is 1.89. The summed E-state index contributed by atoms with van der Waals surface area (Å²) < 4.78 is 5.23. The van der Waals surface area contributed by atoms with E-state index < -0.39 is 5.97 Å². The van der Waals surface area contributed by atoms with Gasteiger partial charge < -0.3 is 15.6 Å². The first-order valence-electron chi connectivity index (χ1n) is 6.18. The van der Waals surface area contributed by atoms with Gasteiger partial charge in [0.2, 0.25) is 0 Å². The molecule has 5 heteroatoms. The summed E-state index contributed by atoms with van der Waals surface area (Å²) in [5, 5.41) is 8.95. The number of rotatable bonds is 4. The zero-order valence-electron chi connectivity index (χ0n) is 11.2. The lowest BCUT2D eigenvalue weighted by molar-refractivity contribution is 0.0471. The van der Waals surface area contributed by atoms with Crippen molar-refractivity contribution in [3.05, 3.63) is 58.9 Å². The van der Waals surface area contributed by atoms with Crippen LogP contribution in [0.3, 0.4) is 0 Å². The van der Waals surface area contributed by atoms with Crippen LogP contribution < -0.4 is 5.73 Å². The van der Waals surface area contributed by atoms with Gasteiger partial charge in [-0.3, -0.25) is 4.98 Å². The van der Waals surface area contributed by atoms with Gasteiger partial charge >= 0.3 is 5.97 Å². The van der Waals surface area contributed by atoms with Crippen LogP contribution in [0.4, 0.5) is 5.69 Å². The highest BCUT2D eigenvalue weighted by Gasteiger charge is 2.12. The van der Waals surface area contributed by atoms with Crippen molar-refractivity contribution in [2.24, 2.45) is 0 Å². The molecule has 1 aromatic heterocycles. The fourth-order valence-corrected chi connectivity index (χ4v) is 1.72. The molecule has 20 heavy (non-hydrogen) atoms. The van der Waals surface area contributed by atoms with Crippen LogP contribution in [0.15, 0.2) is 36.5 Å². The van der Waals surface area contributed by atoms with E-state index in [2.05, 4.69) is 4.98 Å². The van der Waals surface area contributed by atoms with Crippen molar-refractivity contribution in [1.82, 2.24) is 4.98 Å². The van der Waals surface area contributed by atoms with E-state index in [1.54, 1.807) is 25.1 Å². The normalized spacial score (nSPS) is 10.3. The molecule has 0 unspecified atom stereocenters. The third-order valence-electron chi connectivity index (χ3n) is 2.90. The number of aliphatic hydroxyl groups excluding tert-OH is 1. The van der Waals surface area contributed by atoms with Crippen LogP contribution >= 0.6 is 0 Å². The van der Waals surface area contributed by atoms with Crippen LogP contribution in [0, 0.1) is 6.92 Å². The van der Waals surface area contributed by atoms with E-state index in [1.165, 1.54) is 6.20 Å². The number of benzene rings is 1. The zero-order chi connectivity index (χ0) is 14.5. The van der Waals surface area contributed by atoms with Crippen molar-refractivity contribution in [2.45, 2.75) is 20.1 Å². The van der Waals surface area contributed by atoms with Crippen LogP contribution in [0.25, 0.3) is 0 Å².